The highest BCUT2D eigenvalue weighted by molar-refractivity contribution is 7.99. The van der Waals surface area contributed by atoms with E-state index >= 15 is 0 Å². The third-order valence-electron chi connectivity index (χ3n) is 4.57. The van der Waals surface area contributed by atoms with Gasteiger partial charge in [0.25, 0.3) is 0 Å². The summed E-state index contributed by atoms with van der Waals surface area (Å²) in [6.45, 7) is 0. The summed E-state index contributed by atoms with van der Waals surface area (Å²) in [6, 6.07) is 19.2. The lowest BCUT2D eigenvalue weighted by molar-refractivity contribution is -0.136. The molecule has 1 heterocycles. The number of nitriles is 1. The highest BCUT2D eigenvalue weighted by atomic mass is 32.2. The molecule has 4 rings (SSSR count). The van der Waals surface area contributed by atoms with Crippen molar-refractivity contribution in [1.29, 1.82) is 5.26 Å². The van der Waals surface area contributed by atoms with Gasteiger partial charge in [-0.05, 0) is 36.4 Å². The minimum atomic E-state index is -4.75. The van der Waals surface area contributed by atoms with Crippen LogP contribution in [0.25, 0.3) is 11.0 Å². The van der Waals surface area contributed by atoms with Gasteiger partial charge in [-0.15, -0.1) is 0 Å². The Balaban J connectivity index is 1.66. The maximum absolute atomic E-state index is 13.2. The Labute approximate surface area is 189 Å². The van der Waals surface area contributed by atoms with Crippen LogP contribution in [-0.2, 0) is 6.18 Å². The summed E-state index contributed by atoms with van der Waals surface area (Å²) in [7, 11) is 0. The van der Waals surface area contributed by atoms with E-state index in [-0.39, 0.29) is 22.3 Å². The predicted octanol–water partition coefficient (Wildman–Crippen LogP) is 6.05. The number of alkyl halides is 3. The molecular weight excluding hydrogens is 455 g/mol. The molecule has 0 amide bonds. The van der Waals surface area contributed by atoms with Crippen molar-refractivity contribution < 1.29 is 27.1 Å². The molecule has 5 nitrogen and oxygen atoms in total. The zero-order valence-corrected chi connectivity index (χ0v) is 17.4. The Kier molecular flexibility index (Phi) is 5.94. The fraction of sp³-hybridized carbons (Fsp3) is 0.0417. The van der Waals surface area contributed by atoms with Crippen LogP contribution in [0, 0.1) is 11.3 Å². The summed E-state index contributed by atoms with van der Waals surface area (Å²) < 4.78 is 49.9. The first kappa shape index (κ1) is 22.2. The van der Waals surface area contributed by atoms with Gasteiger partial charge in [0.2, 0.25) is 0 Å². The van der Waals surface area contributed by atoms with Crippen LogP contribution in [0.3, 0.4) is 0 Å². The van der Waals surface area contributed by atoms with Crippen LogP contribution in [-0.4, -0.2) is 5.97 Å². The third kappa shape index (κ3) is 4.76. The highest BCUT2D eigenvalue weighted by Crippen LogP contribution is 2.36. The molecule has 3 aromatic carbocycles. The van der Waals surface area contributed by atoms with E-state index in [1.807, 2.05) is 0 Å². The normalized spacial score (nSPS) is 11.2. The number of esters is 1. The Hall–Kier alpha value is -4.03. The number of carbonyl (C=O) groups is 1. The van der Waals surface area contributed by atoms with E-state index in [1.54, 1.807) is 42.5 Å². The molecular formula is C24H12F3NO4S. The molecule has 0 saturated carbocycles. The molecule has 164 valence electrons. The summed E-state index contributed by atoms with van der Waals surface area (Å²) in [4.78, 5) is 25.6. The molecule has 0 bridgehead atoms. The largest absolute Gasteiger partial charge is 0.423 e. The van der Waals surface area contributed by atoms with Crippen LogP contribution >= 0.6 is 11.8 Å². The molecule has 0 aliphatic carbocycles. The molecule has 1 aromatic heterocycles. The van der Waals surface area contributed by atoms with Crippen LogP contribution in [0.5, 0.6) is 5.75 Å². The lowest BCUT2D eigenvalue weighted by Crippen LogP contribution is -2.12. The summed E-state index contributed by atoms with van der Waals surface area (Å²) in [5.41, 5.74) is -2.02. The van der Waals surface area contributed by atoms with E-state index < -0.39 is 23.3 Å². The van der Waals surface area contributed by atoms with Gasteiger partial charge >= 0.3 is 17.8 Å². The molecule has 0 atom stereocenters. The smallest absolute Gasteiger partial charge is 0.417 e. The number of nitrogens with zero attached hydrogens (tertiary/aromatic N) is 1. The minimum Gasteiger partial charge on any atom is -0.423 e. The van der Waals surface area contributed by atoms with E-state index in [4.69, 9.17) is 9.15 Å². The monoisotopic (exact) mass is 467 g/mol. The van der Waals surface area contributed by atoms with Crippen molar-refractivity contribution in [3.8, 4) is 11.8 Å². The Bertz CT molecular complexity index is 1470. The number of ether oxygens (including phenoxy) is 1. The third-order valence-corrected chi connectivity index (χ3v) is 5.72. The van der Waals surface area contributed by atoms with E-state index in [0.29, 0.717) is 21.4 Å². The summed E-state index contributed by atoms with van der Waals surface area (Å²) in [5.74, 6) is -0.853. The number of benzene rings is 3. The van der Waals surface area contributed by atoms with Crippen LogP contribution in [0.2, 0.25) is 0 Å². The van der Waals surface area contributed by atoms with Gasteiger partial charge in [0.1, 0.15) is 17.4 Å². The fourth-order valence-corrected chi connectivity index (χ4v) is 4.11. The van der Waals surface area contributed by atoms with Crippen molar-refractivity contribution in [3.05, 3.63) is 99.9 Å². The molecule has 4 aromatic rings. The zero-order chi connectivity index (χ0) is 23.6. The average molecular weight is 467 g/mol. The first-order chi connectivity index (χ1) is 15.8. The second kappa shape index (κ2) is 8.84. The van der Waals surface area contributed by atoms with Crippen molar-refractivity contribution in [2.75, 3.05) is 0 Å². The van der Waals surface area contributed by atoms with Crippen molar-refractivity contribution in [2.45, 2.75) is 16.0 Å². The number of hydrogen-bond donors (Lipinski definition) is 0. The number of carbonyl (C=O) groups excluding carboxylic acids is 1. The maximum atomic E-state index is 13.2. The van der Waals surface area contributed by atoms with Crippen molar-refractivity contribution in [2.24, 2.45) is 0 Å². The van der Waals surface area contributed by atoms with E-state index in [0.717, 1.165) is 12.1 Å². The molecule has 0 N–H and O–H groups in total. The first-order valence-corrected chi connectivity index (χ1v) is 10.2. The number of fused-ring (bicyclic) bond motifs is 1. The lowest BCUT2D eigenvalue weighted by Gasteiger charge is -2.11. The summed E-state index contributed by atoms with van der Waals surface area (Å²) in [6.07, 6.45) is -4.75. The second-order valence-corrected chi connectivity index (χ2v) is 7.81. The van der Waals surface area contributed by atoms with Gasteiger partial charge in [-0.2, -0.15) is 18.4 Å². The van der Waals surface area contributed by atoms with Gasteiger partial charge in [-0.25, -0.2) is 9.59 Å². The summed E-state index contributed by atoms with van der Waals surface area (Å²) in [5, 5.41) is 8.96. The van der Waals surface area contributed by atoms with Gasteiger partial charge in [-0.3, -0.25) is 0 Å². The number of hydrogen-bond acceptors (Lipinski definition) is 6. The van der Waals surface area contributed by atoms with Gasteiger partial charge in [-0.1, -0.05) is 36.0 Å². The van der Waals surface area contributed by atoms with Crippen molar-refractivity contribution in [1.82, 2.24) is 0 Å². The maximum Gasteiger partial charge on any atom is 0.417 e. The first-order valence-electron chi connectivity index (χ1n) is 9.39. The number of rotatable bonds is 4. The molecule has 0 fully saturated rings. The van der Waals surface area contributed by atoms with Crippen molar-refractivity contribution >= 4 is 28.7 Å². The van der Waals surface area contributed by atoms with Crippen LogP contribution < -0.4 is 10.4 Å². The quantitative estimate of drug-likeness (QED) is 0.206. The van der Waals surface area contributed by atoms with E-state index in [9.17, 15) is 28.0 Å². The van der Waals surface area contributed by atoms with Gasteiger partial charge in [0, 0.05) is 27.3 Å². The molecule has 0 aliphatic rings. The van der Waals surface area contributed by atoms with Crippen molar-refractivity contribution in [3.63, 3.8) is 0 Å². The fourth-order valence-electron chi connectivity index (χ4n) is 3.09. The second-order valence-electron chi connectivity index (χ2n) is 6.73. The minimum absolute atomic E-state index is 0.0906. The molecule has 0 radical (unpaired) electrons. The Morgan fingerprint density at radius 1 is 0.970 bits per heavy atom. The molecule has 0 saturated heterocycles. The SMILES string of the molecule is N#Cc1ccccc1Sc1ccccc1C(=O)Oc1ccc2c(C(F)(F)F)cc(=O)oc2c1. The van der Waals surface area contributed by atoms with Crippen LogP contribution in [0.1, 0.15) is 21.5 Å². The van der Waals surface area contributed by atoms with Crippen LogP contribution in [0.4, 0.5) is 13.2 Å². The predicted molar refractivity (Wildman–Crippen MR) is 114 cm³/mol. The standard InChI is InChI=1S/C24H12F3NO4S/c25-24(26,27)18-12-22(29)32-19-11-15(9-10-16(18)19)31-23(30)17-6-2-4-8-21(17)33-20-7-3-1-5-14(20)13-28/h1-12H. The Morgan fingerprint density at radius 2 is 1.67 bits per heavy atom. The van der Waals surface area contributed by atoms with E-state index in [1.165, 1.54) is 23.9 Å². The highest BCUT2D eigenvalue weighted by Gasteiger charge is 2.34. The van der Waals surface area contributed by atoms with Gasteiger partial charge < -0.3 is 9.15 Å². The number of halogens is 3. The lowest BCUT2D eigenvalue weighted by atomic mass is 10.1. The molecule has 0 unspecified atom stereocenters. The summed E-state index contributed by atoms with van der Waals surface area (Å²) >= 11 is 1.21. The topological polar surface area (TPSA) is 80.3 Å². The Morgan fingerprint density at radius 3 is 2.39 bits per heavy atom. The molecule has 0 spiro atoms. The molecule has 0 aliphatic heterocycles. The zero-order valence-electron chi connectivity index (χ0n) is 16.6. The van der Waals surface area contributed by atoms with E-state index in [2.05, 4.69) is 6.07 Å². The van der Waals surface area contributed by atoms with Gasteiger partial charge in [0.05, 0.1) is 16.7 Å². The molecule has 9 heteroatoms. The average Bonchev–Trinajstić information content (AvgIpc) is 2.78. The van der Waals surface area contributed by atoms with Crippen LogP contribution in [0.15, 0.2) is 91.8 Å². The van der Waals surface area contributed by atoms with Gasteiger partial charge in [0.15, 0.2) is 0 Å². The molecule has 33 heavy (non-hydrogen) atoms.